The van der Waals surface area contributed by atoms with Crippen molar-refractivity contribution in [1.82, 2.24) is 0 Å². The standard InChI is InChI=1S/3C7H14.C5H12.3C2H6.10CH4.3Pt/c3*1-6-4-3-5-7(6)2;1-3-5-4-2;3*1-2;;;;;;;;;;;;;/h3*6-7H,3-5H2,1-2H3;3-5H2,1-2H3;3*1-2H3;10*1H4;;;. The van der Waals surface area contributed by atoms with E-state index in [9.17, 15) is 0 Å². The van der Waals surface area contributed by atoms with E-state index in [4.69, 9.17) is 0 Å². The Hall–Kier alpha value is 2.06. The van der Waals surface area contributed by atoms with Crippen LogP contribution in [-0.4, -0.2) is 0 Å². The molecule has 0 aromatic heterocycles. The van der Waals surface area contributed by atoms with Crippen LogP contribution >= 0.6 is 0 Å². The summed E-state index contributed by atoms with van der Waals surface area (Å²) in [5.41, 5.74) is 0. The van der Waals surface area contributed by atoms with Crippen LogP contribution in [0.3, 0.4) is 0 Å². The van der Waals surface area contributed by atoms with E-state index in [2.05, 4.69) is 55.4 Å². The van der Waals surface area contributed by atoms with E-state index in [0.717, 1.165) is 35.5 Å². The van der Waals surface area contributed by atoms with E-state index in [-0.39, 0.29) is 137 Å². The summed E-state index contributed by atoms with van der Waals surface area (Å²) in [6.07, 6.45) is 17.3. The van der Waals surface area contributed by atoms with Gasteiger partial charge in [0.25, 0.3) is 0 Å². The summed E-state index contributed by atoms with van der Waals surface area (Å²) in [6, 6.07) is 0. The molecule has 0 aliphatic heterocycles. The Morgan fingerprint density at radius 2 is 0.422 bits per heavy atom. The van der Waals surface area contributed by atoms with Crippen LogP contribution in [0.1, 0.15) is 248 Å². The summed E-state index contributed by atoms with van der Waals surface area (Å²) in [6.45, 7) is 30.6. The quantitative estimate of drug-likeness (QED) is 0.259. The molecule has 0 saturated heterocycles. The predicted molar refractivity (Wildman–Crippen MR) is 223 cm³/mol. The van der Waals surface area contributed by atoms with Gasteiger partial charge in [0.1, 0.15) is 0 Å². The van der Waals surface area contributed by atoms with Crippen molar-refractivity contribution < 1.29 is 63.2 Å². The van der Waals surface area contributed by atoms with Crippen LogP contribution in [-0.2, 0) is 63.2 Å². The van der Waals surface area contributed by atoms with Crippen LogP contribution in [0.5, 0.6) is 0 Å². The number of hydrogen-bond acceptors (Lipinski definition) is 0. The maximum atomic E-state index is 2.36. The van der Waals surface area contributed by atoms with Crippen LogP contribution in [0.25, 0.3) is 0 Å². The first-order valence-corrected chi connectivity index (χ1v) is 15.3. The molecule has 3 saturated carbocycles. The van der Waals surface area contributed by atoms with Gasteiger partial charge in [-0.1, -0.05) is 248 Å². The average molecular weight is 1200 g/mol. The van der Waals surface area contributed by atoms with Crippen molar-refractivity contribution in [3.05, 3.63) is 0 Å². The molecule has 0 amide bonds. The molecule has 0 aromatic carbocycles. The third-order valence-electron chi connectivity index (χ3n) is 7.58. The maximum absolute atomic E-state index is 2.36. The molecule has 310 valence electrons. The summed E-state index contributed by atoms with van der Waals surface area (Å²) in [5, 5.41) is 0. The summed E-state index contributed by atoms with van der Waals surface area (Å²) in [5.74, 6) is 6.08. The zero-order valence-corrected chi connectivity index (χ0v) is 33.7. The first kappa shape index (κ1) is 110. The monoisotopic (exact) mass is 1200 g/mol. The Morgan fingerprint density at radius 1 is 0.311 bits per heavy atom. The summed E-state index contributed by atoms with van der Waals surface area (Å²) < 4.78 is 0. The fourth-order valence-corrected chi connectivity index (χ4v) is 4.35. The second kappa shape index (κ2) is 91.0. The molecule has 0 nitrogen and oxygen atoms in total. The van der Waals surface area contributed by atoms with Gasteiger partial charge in [-0.05, 0) is 35.5 Å². The van der Waals surface area contributed by atoms with E-state index >= 15 is 0 Å². The summed E-state index contributed by atoms with van der Waals surface area (Å²) in [4.78, 5) is 0. The van der Waals surface area contributed by atoms with Crippen LogP contribution in [0.15, 0.2) is 0 Å². The minimum absolute atomic E-state index is 0. The van der Waals surface area contributed by atoms with E-state index in [1.807, 2.05) is 41.5 Å². The zero-order chi connectivity index (χ0) is 25.9. The smallest absolute Gasteiger partial charge is 0 e. The van der Waals surface area contributed by atoms with Crippen LogP contribution in [0.2, 0.25) is 0 Å². The van der Waals surface area contributed by atoms with Crippen molar-refractivity contribution in [3.63, 3.8) is 0 Å². The fourth-order valence-electron chi connectivity index (χ4n) is 4.35. The number of unbranched alkanes of at least 4 members (excludes halogenated alkanes) is 2. The second-order valence-electron chi connectivity index (χ2n) is 10.0. The number of rotatable bonds is 2. The van der Waals surface area contributed by atoms with Gasteiger partial charge in [-0.3, -0.25) is 0 Å². The van der Waals surface area contributed by atoms with Gasteiger partial charge in [0, 0.05) is 63.2 Å². The first-order chi connectivity index (χ1) is 15.3. The minimum atomic E-state index is 0. The van der Waals surface area contributed by atoms with Crippen LogP contribution in [0, 0.1) is 35.5 Å². The van der Waals surface area contributed by atoms with Crippen LogP contribution < -0.4 is 0 Å². The zero-order valence-electron chi connectivity index (χ0n) is 26.9. The van der Waals surface area contributed by atoms with E-state index in [1.165, 1.54) is 77.0 Å². The Bertz CT molecular complexity index is 242. The van der Waals surface area contributed by atoms with Gasteiger partial charge in [-0.2, -0.15) is 0 Å². The van der Waals surface area contributed by atoms with E-state index < -0.39 is 0 Å². The van der Waals surface area contributed by atoms with Crippen molar-refractivity contribution in [2.75, 3.05) is 0 Å². The van der Waals surface area contributed by atoms with Crippen LogP contribution in [0.4, 0.5) is 0 Å². The molecule has 3 aliphatic carbocycles. The van der Waals surface area contributed by atoms with Gasteiger partial charge in [0.2, 0.25) is 0 Å². The Kier molecular flexibility index (Phi) is 223. The van der Waals surface area contributed by atoms with Crippen molar-refractivity contribution in [2.45, 2.75) is 248 Å². The molecule has 3 aliphatic rings. The van der Waals surface area contributed by atoms with Gasteiger partial charge in [0.05, 0.1) is 0 Å². The molecule has 0 N–H and O–H groups in total. The average Bonchev–Trinajstić information content (AvgIpc) is 3.51. The van der Waals surface area contributed by atoms with Gasteiger partial charge in [-0.25, -0.2) is 0 Å². The van der Waals surface area contributed by atoms with E-state index in [0.29, 0.717) is 0 Å². The minimum Gasteiger partial charge on any atom is -0.0776 e. The van der Waals surface area contributed by atoms with Crippen molar-refractivity contribution in [2.24, 2.45) is 35.5 Å². The molecule has 6 unspecified atom stereocenters. The molecule has 0 bridgehead atoms. The van der Waals surface area contributed by atoms with Gasteiger partial charge in [-0.15, -0.1) is 0 Å². The molecular weight excluding hydrogens is 1090 g/mol. The normalized spacial score (nSPS) is 20.9. The Balaban J connectivity index is -0.0000000135. The molecular formula is C42H112Pt3. The second-order valence-corrected chi connectivity index (χ2v) is 10.0. The SMILES string of the molecule is C.C.C.C.C.C.C.C.C.C.CC.CC.CC.CC1CCCC1C.CC1CCCC1C.CC1CCCC1C.CCCCC.[Pt].[Pt].[Pt]. The molecule has 0 aromatic rings. The van der Waals surface area contributed by atoms with E-state index in [1.54, 1.807) is 0 Å². The van der Waals surface area contributed by atoms with Gasteiger partial charge in [0.15, 0.2) is 0 Å². The number of hydrogen-bond donors (Lipinski definition) is 0. The van der Waals surface area contributed by atoms with Crippen molar-refractivity contribution in [3.8, 4) is 0 Å². The first-order valence-electron chi connectivity index (χ1n) is 15.3. The fraction of sp³-hybridized carbons (Fsp3) is 1.00. The third kappa shape index (κ3) is 77.1. The molecule has 3 fully saturated rings. The third-order valence-corrected chi connectivity index (χ3v) is 7.58. The molecule has 3 heteroatoms. The maximum Gasteiger partial charge on any atom is 0 e. The topological polar surface area (TPSA) is 0 Å². The Morgan fingerprint density at radius 3 is 0.444 bits per heavy atom. The summed E-state index contributed by atoms with van der Waals surface area (Å²) in [7, 11) is 0. The molecule has 0 heterocycles. The van der Waals surface area contributed by atoms with Gasteiger partial charge >= 0.3 is 0 Å². The van der Waals surface area contributed by atoms with Crippen molar-refractivity contribution in [1.29, 1.82) is 0 Å². The molecule has 45 heavy (non-hydrogen) atoms. The molecule has 0 spiro atoms. The van der Waals surface area contributed by atoms with Gasteiger partial charge < -0.3 is 0 Å². The Labute approximate surface area is 344 Å². The largest absolute Gasteiger partial charge is 0.0776 e. The predicted octanol–water partition coefficient (Wildman–Crippen LogP) is 19.0. The molecule has 3 rings (SSSR count). The molecule has 0 radical (unpaired) electrons. The summed E-state index contributed by atoms with van der Waals surface area (Å²) >= 11 is 0. The molecule has 6 atom stereocenters. The van der Waals surface area contributed by atoms with Crippen molar-refractivity contribution >= 4 is 0 Å².